The predicted octanol–water partition coefficient (Wildman–Crippen LogP) is 6.60. The molecule has 0 amide bonds. The van der Waals surface area contributed by atoms with Crippen molar-refractivity contribution < 1.29 is 23.1 Å². The molecule has 2 aromatic carbocycles. The summed E-state index contributed by atoms with van der Waals surface area (Å²) in [5.41, 5.74) is 0.992. The van der Waals surface area contributed by atoms with Gasteiger partial charge in [0.1, 0.15) is 5.76 Å². The summed E-state index contributed by atoms with van der Waals surface area (Å²) in [4.78, 5) is 12.8. The van der Waals surface area contributed by atoms with Gasteiger partial charge in [0.25, 0.3) is 0 Å². The van der Waals surface area contributed by atoms with E-state index >= 15 is 0 Å². The van der Waals surface area contributed by atoms with Gasteiger partial charge in [-0.25, -0.2) is 0 Å². The Hall–Kier alpha value is -2.27. The lowest BCUT2D eigenvalue weighted by molar-refractivity contribution is -0.137. The average Bonchev–Trinajstić information content (AvgIpc) is 3.08. The zero-order chi connectivity index (χ0) is 20.2. The number of aryl methyl sites for hydroxylation is 1. The molecule has 1 N–H and O–H groups in total. The van der Waals surface area contributed by atoms with Crippen molar-refractivity contribution in [3.63, 3.8) is 0 Å². The highest BCUT2D eigenvalue weighted by molar-refractivity contribution is 6.30. The molecule has 0 aromatic heterocycles. The van der Waals surface area contributed by atoms with E-state index in [0.717, 1.165) is 24.5 Å². The van der Waals surface area contributed by atoms with E-state index in [9.17, 15) is 23.1 Å². The Morgan fingerprint density at radius 3 is 2.46 bits per heavy atom. The molecule has 0 heterocycles. The summed E-state index contributed by atoms with van der Waals surface area (Å²) in [5, 5.41) is 10.6. The topological polar surface area (TPSA) is 37.3 Å². The number of carbonyl (C=O) groups excluding carboxylic acids is 1. The standard InChI is InChI=1S/C22H18ClF3O2/c1-11-2-3-12(16-7-6-15(23)10-18(16)22(24,25)26)9-17(11)19-20(27)13-4-5-14(8-13)21(19)28/h2-3,6-7,9-10,13-14,27H,4-5,8H2,1H3/t13?,14-/m1/s1. The molecular weight excluding hydrogens is 389 g/mol. The fourth-order valence-electron chi connectivity index (χ4n) is 4.33. The fourth-order valence-corrected chi connectivity index (χ4v) is 4.51. The van der Waals surface area contributed by atoms with Crippen LogP contribution in [0.4, 0.5) is 13.2 Å². The second kappa shape index (κ2) is 6.66. The maximum absolute atomic E-state index is 13.5. The molecule has 0 spiro atoms. The molecular formula is C22H18ClF3O2. The van der Waals surface area contributed by atoms with Crippen LogP contribution in [0.3, 0.4) is 0 Å². The number of hydrogen-bond donors (Lipinski definition) is 1. The van der Waals surface area contributed by atoms with Crippen molar-refractivity contribution in [1.82, 2.24) is 0 Å². The zero-order valence-corrected chi connectivity index (χ0v) is 15.9. The Kier molecular flexibility index (Phi) is 4.53. The number of hydrogen-bond acceptors (Lipinski definition) is 2. The monoisotopic (exact) mass is 406 g/mol. The molecule has 2 aromatic rings. The van der Waals surface area contributed by atoms with Crippen LogP contribution in [-0.4, -0.2) is 10.9 Å². The summed E-state index contributed by atoms with van der Waals surface area (Å²) in [6.45, 7) is 1.79. The van der Waals surface area contributed by atoms with Crippen molar-refractivity contribution in [2.75, 3.05) is 0 Å². The molecule has 1 saturated carbocycles. The number of fused-ring (bicyclic) bond motifs is 2. The van der Waals surface area contributed by atoms with Crippen LogP contribution in [0, 0.1) is 18.8 Å². The van der Waals surface area contributed by atoms with E-state index in [4.69, 9.17) is 11.6 Å². The molecule has 2 atom stereocenters. The Balaban J connectivity index is 1.89. The van der Waals surface area contributed by atoms with Gasteiger partial charge in [0.2, 0.25) is 0 Å². The summed E-state index contributed by atoms with van der Waals surface area (Å²) in [7, 11) is 0. The third kappa shape index (κ3) is 3.12. The largest absolute Gasteiger partial charge is 0.511 e. The number of ketones is 1. The molecule has 1 fully saturated rings. The number of Topliss-reactive ketones (excluding diaryl/α,β-unsaturated/α-hetero) is 1. The minimum absolute atomic E-state index is 0.00259. The smallest absolute Gasteiger partial charge is 0.417 e. The van der Waals surface area contributed by atoms with E-state index in [1.54, 1.807) is 25.1 Å². The first-order valence-corrected chi connectivity index (χ1v) is 9.50. The maximum atomic E-state index is 13.5. The quantitative estimate of drug-likeness (QED) is 0.609. The molecule has 2 bridgehead atoms. The molecule has 1 unspecified atom stereocenters. The van der Waals surface area contributed by atoms with Gasteiger partial charge in [-0.05, 0) is 66.6 Å². The summed E-state index contributed by atoms with van der Waals surface area (Å²) in [6.07, 6.45) is -2.40. The summed E-state index contributed by atoms with van der Waals surface area (Å²) in [5.74, 6) is -0.188. The summed E-state index contributed by atoms with van der Waals surface area (Å²) >= 11 is 5.78. The third-order valence-electron chi connectivity index (χ3n) is 5.80. The van der Waals surface area contributed by atoms with Crippen molar-refractivity contribution in [2.45, 2.75) is 32.4 Å². The van der Waals surface area contributed by atoms with E-state index in [1.165, 1.54) is 12.1 Å². The van der Waals surface area contributed by atoms with Gasteiger partial charge in [0.05, 0.1) is 11.1 Å². The number of aliphatic hydroxyl groups excluding tert-OH is 1. The van der Waals surface area contributed by atoms with Crippen LogP contribution in [0.5, 0.6) is 0 Å². The van der Waals surface area contributed by atoms with Crippen molar-refractivity contribution in [2.24, 2.45) is 11.8 Å². The highest BCUT2D eigenvalue weighted by Crippen LogP contribution is 2.46. The number of alkyl halides is 3. The SMILES string of the molecule is Cc1ccc(-c2ccc(Cl)cc2C(F)(F)F)cc1C1=C(O)C2CC[C@H](C2)C1=O. The minimum Gasteiger partial charge on any atom is -0.511 e. The number of aliphatic hydroxyl groups is 1. The Bertz CT molecular complexity index is 1010. The van der Waals surface area contributed by atoms with E-state index in [2.05, 4.69) is 0 Å². The molecule has 2 nitrogen and oxygen atoms in total. The number of allylic oxidation sites excluding steroid dienone is 2. The van der Waals surface area contributed by atoms with Gasteiger partial charge in [0, 0.05) is 16.9 Å². The second-order valence-corrected chi connectivity index (χ2v) is 7.99. The van der Waals surface area contributed by atoms with Gasteiger partial charge in [-0.2, -0.15) is 13.2 Å². The van der Waals surface area contributed by atoms with Gasteiger partial charge in [-0.3, -0.25) is 4.79 Å². The van der Waals surface area contributed by atoms with E-state index < -0.39 is 11.7 Å². The second-order valence-electron chi connectivity index (χ2n) is 7.55. The molecule has 4 rings (SSSR count). The van der Waals surface area contributed by atoms with Crippen LogP contribution < -0.4 is 0 Å². The highest BCUT2D eigenvalue weighted by atomic mass is 35.5. The van der Waals surface area contributed by atoms with Crippen LogP contribution in [0.25, 0.3) is 16.7 Å². The molecule has 28 heavy (non-hydrogen) atoms. The van der Waals surface area contributed by atoms with Crippen LogP contribution in [-0.2, 0) is 11.0 Å². The van der Waals surface area contributed by atoms with Gasteiger partial charge in [-0.1, -0.05) is 29.8 Å². The first-order valence-electron chi connectivity index (χ1n) is 9.12. The third-order valence-corrected chi connectivity index (χ3v) is 6.03. The predicted molar refractivity (Wildman–Crippen MR) is 102 cm³/mol. The maximum Gasteiger partial charge on any atom is 0.417 e. The Labute approximate surface area is 165 Å². The normalized spacial score (nSPS) is 22.1. The minimum atomic E-state index is -4.56. The van der Waals surface area contributed by atoms with E-state index in [1.807, 2.05) is 0 Å². The van der Waals surface area contributed by atoms with Gasteiger partial charge < -0.3 is 5.11 Å². The van der Waals surface area contributed by atoms with Crippen LogP contribution in [0.15, 0.2) is 42.2 Å². The molecule has 2 aliphatic carbocycles. The van der Waals surface area contributed by atoms with Crippen molar-refractivity contribution in [1.29, 1.82) is 0 Å². The molecule has 0 saturated heterocycles. The lowest BCUT2D eigenvalue weighted by atomic mass is 9.81. The van der Waals surface area contributed by atoms with Crippen molar-refractivity contribution in [3.05, 3.63) is 63.9 Å². The molecule has 0 aliphatic heterocycles. The van der Waals surface area contributed by atoms with Gasteiger partial charge >= 0.3 is 6.18 Å². The zero-order valence-electron chi connectivity index (χ0n) is 15.1. The first kappa shape index (κ1) is 19.1. The Morgan fingerprint density at radius 1 is 1.04 bits per heavy atom. The summed E-state index contributed by atoms with van der Waals surface area (Å²) < 4.78 is 40.6. The number of rotatable bonds is 2. The fraction of sp³-hybridized carbons (Fsp3) is 0.318. The van der Waals surface area contributed by atoms with Crippen molar-refractivity contribution in [3.8, 4) is 11.1 Å². The van der Waals surface area contributed by atoms with Crippen molar-refractivity contribution >= 4 is 23.0 Å². The van der Waals surface area contributed by atoms with E-state index in [0.29, 0.717) is 17.5 Å². The van der Waals surface area contributed by atoms with Crippen LogP contribution in [0.2, 0.25) is 5.02 Å². The lowest BCUT2D eigenvalue weighted by Crippen LogP contribution is -2.21. The van der Waals surface area contributed by atoms with Crippen LogP contribution >= 0.6 is 11.6 Å². The average molecular weight is 407 g/mol. The van der Waals surface area contributed by atoms with E-state index in [-0.39, 0.29) is 39.5 Å². The lowest BCUT2D eigenvalue weighted by Gasteiger charge is -2.23. The molecule has 146 valence electrons. The number of carbonyl (C=O) groups is 1. The molecule has 2 aliphatic rings. The first-order chi connectivity index (χ1) is 13.2. The summed E-state index contributed by atoms with van der Waals surface area (Å²) in [6, 6.07) is 8.50. The van der Waals surface area contributed by atoms with Gasteiger partial charge in [-0.15, -0.1) is 0 Å². The van der Waals surface area contributed by atoms with Gasteiger partial charge in [0.15, 0.2) is 5.78 Å². The molecule has 0 radical (unpaired) electrons. The number of benzene rings is 2. The molecule has 6 heteroatoms. The highest BCUT2D eigenvalue weighted by Gasteiger charge is 2.41. The number of halogens is 4. The Morgan fingerprint density at radius 2 is 1.75 bits per heavy atom. The van der Waals surface area contributed by atoms with Crippen LogP contribution in [0.1, 0.15) is 36.0 Å².